The van der Waals surface area contributed by atoms with Crippen LogP contribution in [0.25, 0.3) is 0 Å². The van der Waals surface area contributed by atoms with Crippen LogP contribution >= 0.6 is 63.7 Å². The molecule has 2 rings (SSSR count). The highest BCUT2D eigenvalue weighted by Gasteiger charge is 2.25. The molecule has 0 aliphatic heterocycles. The van der Waals surface area contributed by atoms with Gasteiger partial charge in [0.2, 0.25) is 0 Å². The van der Waals surface area contributed by atoms with Crippen molar-refractivity contribution in [3.63, 3.8) is 0 Å². The minimum atomic E-state index is -1.16. The number of benzene rings is 2. The standard InChI is InChI=1S/C17H16Br4O5/c18-12-11(13(19)15(24)16(25)14(12)20)5-9-1-3-10(4-2-9)6-26-17(21,7-22)8-23/h1-4,22-25H,5-8H2. The number of phenolic OH excluding ortho intramolecular Hbond substituents is 2. The first-order valence-corrected chi connectivity index (χ1v) is 10.6. The monoisotopic (exact) mass is 616 g/mol. The third kappa shape index (κ3) is 5.01. The van der Waals surface area contributed by atoms with Crippen LogP contribution in [0.3, 0.4) is 0 Å². The Hall–Kier alpha value is -0.160. The van der Waals surface area contributed by atoms with Gasteiger partial charge < -0.3 is 25.2 Å². The second-order valence-electron chi connectivity index (χ2n) is 5.60. The summed E-state index contributed by atoms with van der Waals surface area (Å²) >= 11 is 13.2. The van der Waals surface area contributed by atoms with Gasteiger partial charge in [-0.1, -0.05) is 24.3 Å². The molecule has 0 amide bonds. The summed E-state index contributed by atoms with van der Waals surface area (Å²) < 4.78 is 5.80. The van der Waals surface area contributed by atoms with Crippen LogP contribution in [0.1, 0.15) is 16.7 Å². The molecule has 9 heteroatoms. The Balaban J connectivity index is 2.16. The molecular formula is C17H16Br4O5. The van der Waals surface area contributed by atoms with E-state index in [1.54, 1.807) is 0 Å². The minimum Gasteiger partial charge on any atom is -0.503 e. The van der Waals surface area contributed by atoms with Crippen molar-refractivity contribution >= 4 is 63.7 Å². The number of aromatic hydroxyl groups is 2. The van der Waals surface area contributed by atoms with E-state index in [2.05, 4.69) is 63.7 Å². The number of rotatable bonds is 7. The van der Waals surface area contributed by atoms with Crippen molar-refractivity contribution in [1.29, 1.82) is 0 Å². The van der Waals surface area contributed by atoms with Crippen LogP contribution in [0.5, 0.6) is 11.5 Å². The largest absolute Gasteiger partial charge is 0.503 e. The van der Waals surface area contributed by atoms with Crippen LogP contribution in [-0.2, 0) is 17.8 Å². The highest BCUT2D eigenvalue weighted by Crippen LogP contribution is 2.47. The average Bonchev–Trinajstić information content (AvgIpc) is 2.67. The number of hydrogen-bond acceptors (Lipinski definition) is 5. The molecule has 0 atom stereocenters. The first-order valence-electron chi connectivity index (χ1n) is 7.42. The van der Waals surface area contributed by atoms with E-state index in [4.69, 9.17) is 4.74 Å². The van der Waals surface area contributed by atoms with Gasteiger partial charge in [0.1, 0.15) is 0 Å². The van der Waals surface area contributed by atoms with Gasteiger partial charge in [-0.15, -0.1) is 0 Å². The maximum Gasteiger partial charge on any atom is 0.174 e. The summed E-state index contributed by atoms with van der Waals surface area (Å²) in [5, 5.41) is 38.3. The van der Waals surface area contributed by atoms with E-state index in [9.17, 15) is 20.4 Å². The van der Waals surface area contributed by atoms with Crippen LogP contribution in [0, 0.1) is 0 Å². The molecule has 0 bridgehead atoms. The summed E-state index contributed by atoms with van der Waals surface area (Å²) in [5.41, 5.74) is 2.66. The molecule has 2 aromatic carbocycles. The third-order valence-electron chi connectivity index (χ3n) is 3.74. The van der Waals surface area contributed by atoms with Gasteiger partial charge in [0.15, 0.2) is 16.0 Å². The molecular weight excluding hydrogens is 604 g/mol. The normalized spacial score (nSPS) is 11.8. The highest BCUT2D eigenvalue weighted by molar-refractivity contribution is 9.13. The molecule has 0 fully saturated rings. The number of hydrogen-bond donors (Lipinski definition) is 4. The van der Waals surface area contributed by atoms with E-state index in [0.29, 0.717) is 19.8 Å². The summed E-state index contributed by atoms with van der Waals surface area (Å²) in [6.07, 6.45) is 0.518. The van der Waals surface area contributed by atoms with Crippen molar-refractivity contribution in [3.05, 3.63) is 54.4 Å². The van der Waals surface area contributed by atoms with Gasteiger partial charge in [0, 0.05) is 4.47 Å². The van der Waals surface area contributed by atoms with Gasteiger partial charge in [-0.2, -0.15) is 0 Å². The van der Waals surface area contributed by atoms with Crippen molar-refractivity contribution in [2.75, 3.05) is 13.2 Å². The molecule has 4 N–H and O–H groups in total. The predicted octanol–water partition coefficient (Wildman–Crippen LogP) is 4.57. The molecule has 0 spiro atoms. The molecule has 0 heterocycles. The van der Waals surface area contributed by atoms with E-state index >= 15 is 0 Å². The maximum atomic E-state index is 10.00. The second-order valence-corrected chi connectivity index (χ2v) is 9.42. The topological polar surface area (TPSA) is 90.2 Å². The zero-order valence-electron chi connectivity index (χ0n) is 13.3. The van der Waals surface area contributed by atoms with E-state index in [1.165, 1.54) is 0 Å². The van der Waals surface area contributed by atoms with E-state index in [-0.39, 0.29) is 31.3 Å². The quantitative estimate of drug-likeness (QED) is 0.207. The Bertz CT molecular complexity index is 747. The molecule has 0 radical (unpaired) electrons. The lowest BCUT2D eigenvalue weighted by molar-refractivity contribution is -0.0487. The molecule has 5 nitrogen and oxygen atoms in total. The predicted molar refractivity (Wildman–Crippen MR) is 113 cm³/mol. The number of halogens is 4. The summed E-state index contributed by atoms with van der Waals surface area (Å²) in [4.78, 5) is 0. The fourth-order valence-corrected chi connectivity index (χ4v) is 4.01. The van der Waals surface area contributed by atoms with E-state index in [0.717, 1.165) is 16.7 Å². The van der Waals surface area contributed by atoms with Crippen molar-refractivity contribution in [3.8, 4) is 11.5 Å². The molecule has 0 aromatic heterocycles. The maximum absolute atomic E-state index is 10.00. The minimum absolute atomic E-state index is 0.221. The Morgan fingerprint density at radius 1 is 0.808 bits per heavy atom. The van der Waals surface area contributed by atoms with Crippen LogP contribution in [0.4, 0.5) is 0 Å². The number of alkyl halides is 1. The Morgan fingerprint density at radius 2 is 1.31 bits per heavy atom. The fourth-order valence-electron chi connectivity index (χ4n) is 2.15. The zero-order chi connectivity index (χ0) is 19.5. The van der Waals surface area contributed by atoms with E-state index < -0.39 is 4.51 Å². The van der Waals surface area contributed by atoms with Crippen molar-refractivity contribution in [2.45, 2.75) is 17.5 Å². The van der Waals surface area contributed by atoms with Crippen molar-refractivity contribution in [2.24, 2.45) is 0 Å². The smallest absolute Gasteiger partial charge is 0.174 e. The summed E-state index contributed by atoms with van der Waals surface area (Å²) in [6, 6.07) is 7.61. The summed E-state index contributed by atoms with van der Waals surface area (Å²) in [5.74, 6) is -0.451. The fraction of sp³-hybridized carbons (Fsp3) is 0.294. The molecule has 0 saturated carbocycles. The van der Waals surface area contributed by atoms with E-state index in [1.807, 2.05) is 24.3 Å². The van der Waals surface area contributed by atoms with Crippen LogP contribution in [-0.4, -0.2) is 38.2 Å². The Labute approximate surface area is 184 Å². The Morgan fingerprint density at radius 3 is 1.85 bits per heavy atom. The zero-order valence-corrected chi connectivity index (χ0v) is 19.7. The van der Waals surface area contributed by atoms with Crippen LogP contribution in [0.2, 0.25) is 0 Å². The number of phenols is 2. The number of aliphatic hydroxyl groups excluding tert-OH is 2. The first-order chi connectivity index (χ1) is 12.2. The number of ether oxygens (including phenoxy) is 1. The molecule has 0 aliphatic rings. The van der Waals surface area contributed by atoms with Gasteiger partial charge in [0.25, 0.3) is 0 Å². The Kier molecular flexibility index (Phi) is 7.97. The summed E-state index contributed by atoms with van der Waals surface area (Å²) in [7, 11) is 0. The molecule has 26 heavy (non-hydrogen) atoms. The average molecular weight is 620 g/mol. The van der Waals surface area contributed by atoms with Gasteiger partial charge in [0.05, 0.1) is 28.8 Å². The molecule has 0 aliphatic carbocycles. The van der Waals surface area contributed by atoms with Gasteiger partial charge in [-0.3, -0.25) is 0 Å². The lowest BCUT2D eigenvalue weighted by atomic mass is 10.0. The molecule has 0 saturated heterocycles. The van der Waals surface area contributed by atoms with Gasteiger partial charge in [-0.25, -0.2) is 0 Å². The van der Waals surface area contributed by atoms with Crippen LogP contribution in [0.15, 0.2) is 37.7 Å². The lowest BCUT2D eigenvalue weighted by Crippen LogP contribution is -2.33. The molecule has 142 valence electrons. The number of aliphatic hydroxyl groups is 2. The van der Waals surface area contributed by atoms with Gasteiger partial charge >= 0.3 is 0 Å². The first kappa shape index (κ1) is 22.1. The van der Waals surface area contributed by atoms with Gasteiger partial charge in [-0.05, 0) is 86.8 Å². The summed E-state index contributed by atoms with van der Waals surface area (Å²) in [6.45, 7) is -0.461. The highest BCUT2D eigenvalue weighted by atomic mass is 79.9. The molecule has 0 unspecified atom stereocenters. The lowest BCUT2D eigenvalue weighted by Gasteiger charge is -2.23. The van der Waals surface area contributed by atoms with Crippen molar-refractivity contribution < 1.29 is 25.2 Å². The van der Waals surface area contributed by atoms with Crippen molar-refractivity contribution in [1.82, 2.24) is 0 Å². The SMILES string of the molecule is OCC(Br)(CO)OCc1ccc(Cc2c(Br)c(O)c(O)c(Br)c2Br)cc1. The third-order valence-corrected chi connectivity index (χ3v) is 7.50. The second kappa shape index (κ2) is 9.36. The molecule has 2 aromatic rings. The van der Waals surface area contributed by atoms with Crippen LogP contribution < -0.4 is 0 Å².